The van der Waals surface area contributed by atoms with E-state index in [1.165, 1.54) is 17.5 Å². The second-order valence-corrected chi connectivity index (χ2v) is 7.55. The number of rotatable bonds is 6. The average Bonchev–Trinajstić information content (AvgIpc) is 3.04. The van der Waals surface area contributed by atoms with E-state index in [-0.39, 0.29) is 11.8 Å². The molecule has 0 N–H and O–H groups in total. The lowest BCUT2D eigenvalue weighted by Gasteiger charge is -2.33. The predicted octanol–water partition coefficient (Wildman–Crippen LogP) is 3.18. The topological polar surface area (TPSA) is 40.6 Å². The average molecular weight is 342 g/mol. The molecule has 2 fully saturated rings. The van der Waals surface area contributed by atoms with E-state index >= 15 is 0 Å². The highest BCUT2D eigenvalue weighted by molar-refractivity contribution is 5.80. The van der Waals surface area contributed by atoms with E-state index in [0.717, 1.165) is 45.3 Å². The second-order valence-electron chi connectivity index (χ2n) is 7.55. The van der Waals surface area contributed by atoms with E-state index in [1.54, 1.807) is 0 Å². The van der Waals surface area contributed by atoms with Gasteiger partial charge in [0.05, 0.1) is 0 Å². The van der Waals surface area contributed by atoms with Crippen molar-refractivity contribution in [1.82, 2.24) is 9.80 Å². The number of piperidine rings is 1. The van der Waals surface area contributed by atoms with Crippen LogP contribution in [0.4, 0.5) is 0 Å². The number of carbonyl (C=O) groups is 2. The van der Waals surface area contributed by atoms with Crippen LogP contribution in [0.1, 0.15) is 49.7 Å². The first-order valence-corrected chi connectivity index (χ1v) is 9.73. The van der Waals surface area contributed by atoms with Crippen LogP contribution in [0.3, 0.4) is 0 Å². The zero-order valence-corrected chi connectivity index (χ0v) is 15.4. The normalized spacial score (nSPS) is 21.0. The molecule has 3 rings (SSSR count). The summed E-state index contributed by atoms with van der Waals surface area (Å²) in [6, 6.07) is 8.59. The number of nitrogens with zero attached hydrogens (tertiary/aromatic N) is 2. The van der Waals surface area contributed by atoms with E-state index < -0.39 is 0 Å². The fourth-order valence-corrected chi connectivity index (χ4v) is 4.11. The van der Waals surface area contributed by atoms with Crippen LogP contribution in [0.15, 0.2) is 24.3 Å². The number of benzene rings is 1. The number of amides is 2. The van der Waals surface area contributed by atoms with E-state index in [2.05, 4.69) is 31.2 Å². The minimum absolute atomic E-state index is 0.211. The van der Waals surface area contributed by atoms with Gasteiger partial charge in [0.1, 0.15) is 0 Å². The summed E-state index contributed by atoms with van der Waals surface area (Å²) in [7, 11) is 0. The third kappa shape index (κ3) is 4.83. The summed E-state index contributed by atoms with van der Waals surface area (Å²) in [4.78, 5) is 28.1. The van der Waals surface area contributed by atoms with Crippen molar-refractivity contribution in [2.75, 3.05) is 26.2 Å². The van der Waals surface area contributed by atoms with E-state index in [9.17, 15) is 9.59 Å². The third-order valence-corrected chi connectivity index (χ3v) is 5.72. The summed E-state index contributed by atoms with van der Waals surface area (Å²) < 4.78 is 0. The fourth-order valence-electron chi connectivity index (χ4n) is 4.11. The lowest BCUT2D eigenvalue weighted by Crippen LogP contribution is -2.41. The molecule has 4 nitrogen and oxygen atoms in total. The summed E-state index contributed by atoms with van der Waals surface area (Å²) in [5, 5.41) is 0. The Morgan fingerprint density at radius 1 is 1.20 bits per heavy atom. The Kier molecular flexibility index (Phi) is 6.11. The van der Waals surface area contributed by atoms with Gasteiger partial charge in [0.15, 0.2) is 0 Å². The summed E-state index contributed by atoms with van der Waals surface area (Å²) in [5.74, 6) is 1.04. The lowest BCUT2D eigenvalue weighted by atomic mass is 9.90. The molecule has 1 atom stereocenters. The first-order chi connectivity index (χ1) is 12.1. The van der Waals surface area contributed by atoms with Crippen molar-refractivity contribution < 1.29 is 9.59 Å². The molecule has 25 heavy (non-hydrogen) atoms. The Morgan fingerprint density at radius 3 is 2.80 bits per heavy atom. The highest BCUT2D eigenvalue weighted by Crippen LogP contribution is 2.23. The van der Waals surface area contributed by atoms with Crippen LogP contribution in [0.2, 0.25) is 0 Å². The molecule has 0 saturated carbocycles. The molecule has 2 amide bonds. The van der Waals surface area contributed by atoms with Gasteiger partial charge < -0.3 is 9.80 Å². The zero-order chi connectivity index (χ0) is 17.6. The number of hydrogen-bond acceptors (Lipinski definition) is 2. The number of likely N-dealkylation sites (tertiary alicyclic amines) is 2. The summed E-state index contributed by atoms with van der Waals surface area (Å²) in [6.07, 6.45) is 6.65. The van der Waals surface area contributed by atoms with Crippen molar-refractivity contribution in [3.05, 3.63) is 35.4 Å². The van der Waals surface area contributed by atoms with Gasteiger partial charge in [-0.2, -0.15) is 0 Å². The summed E-state index contributed by atoms with van der Waals surface area (Å²) >= 11 is 0. The van der Waals surface area contributed by atoms with Gasteiger partial charge in [-0.05, 0) is 56.1 Å². The maximum Gasteiger partial charge on any atom is 0.224 e. The fraction of sp³-hybridized carbons (Fsp3) is 0.619. The van der Waals surface area contributed by atoms with Crippen LogP contribution in [0.5, 0.6) is 0 Å². The first-order valence-electron chi connectivity index (χ1n) is 9.73. The van der Waals surface area contributed by atoms with Crippen molar-refractivity contribution in [1.29, 1.82) is 0 Å². The third-order valence-electron chi connectivity index (χ3n) is 5.72. The SMILES string of the molecule is Cc1ccccc1CC[C@@H]1CCCN(C(=O)CCN2CCCC2=O)C1. The van der Waals surface area contributed by atoms with Crippen molar-refractivity contribution in [3.8, 4) is 0 Å². The number of aryl methyl sites for hydroxylation is 2. The molecule has 0 aromatic heterocycles. The number of hydrogen-bond donors (Lipinski definition) is 0. The van der Waals surface area contributed by atoms with Gasteiger partial charge in [0, 0.05) is 39.0 Å². The molecule has 0 spiro atoms. The van der Waals surface area contributed by atoms with Crippen LogP contribution in [0.25, 0.3) is 0 Å². The van der Waals surface area contributed by atoms with E-state index in [4.69, 9.17) is 0 Å². The molecule has 0 aliphatic carbocycles. The van der Waals surface area contributed by atoms with Crippen molar-refractivity contribution in [2.24, 2.45) is 5.92 Å². The van der Waals surface area contributed by atoms with Gasteiger partial charge in [-0.15, -0.1) is 0 Å². The minimum atomic E-state index is 0.211. The van der Waals surface area contributed by atoms with Crippen LogP contribution in [0, 0.1) is 12.8 Å². The van der Waals surface area contributed by atoms with Crippen LogP contribution < -0.4 is 0 Å². The molecule has 2 saturated heterocycles. The second kappa shape index (κ2) is 8.50. The van der Waals surface area contributed by atoms with Crippen molar-refractivity contribution in [3.63, 3.8) is 0 Å². The molecule has 2 aliphatic rings. The molecule has 2 aliphatic heterocycles. The Morgan fingerprint density at radius 2 is 2.04 bits per heavy atom. The van der Waals surface area contributed by atoms with Gasteiger partial charge in [0.25, 0.3) is 0 Å². The molecule has 1 aromatic rings. The standard InChI is InChI=1S/C21H30N2O2/c1-17-6-2-3-8-19(17)11-10-18-7-4-14-23(16-18)21(25)12-15-22-13-5-9-20(22)24/h2-3,6,8,18H,4-5,7,9-16H2,1H3/t18-/m0/s1. The molecule has 1 aromatic carbocycles. The Bertz CT molecular complexity index is 614. The summed E-state index contributed by atoms with van der Waals surface area (Å²) in [5.41, 5.74) is 2.79. The Labute approximate surface area is 151 Å². The zero-order valence-electron chi connectivity index (χ0n) is 15.4. The van der Waals surface area contributed by atoms with Crippen LogP contribution >= 0.6 is 0 Å². The Hall–Kier alpha value is -1.84. The molecular formula is C21H30N2O2. The maximum atomic E-state index is 12.5. The lowest BCUT2D eigenvalue weighted by molar-refractivity contribution is -0.134. The highest BCUT2D eigenvalue weighted by Gasteiger charge is 2.25. The predicted molar refractivity (Wildman–Crippen MR) is 99.2 cm³/mol. The Balaban J connectivity index is 1.44. The minimum Gasteiger partial charge on any atom is -0.342 e. The van der Waals surface area contributed by atoms with Gasteiger partial charge in [-0.1, -0.05) is 24.3 Å². The molecule has 0 unspecified atom stereocenters. The molecule has 0 bridgehead atoms. The molecule has 136 valence electrons. The summed E-state index contributed by atoms with van der Waals surface area (Å²) in [6.45, 7) is 5.37. The monoisotopic (exact) mass is 342 g/mol. The molecular weight excluding hydrogens is 312 g/mol. The smallest absolute Gasteiger partial charge is 0.224 e. The highest BCUT2D eigenvalue weighted by atomic mass is 16.2. The van der Waals surface area contributed by atoms with E-state index in [1.807, 2.05) is 9.80 Å². The quantitative estimate of drug-likeness (QED) is 0.797. The first kappa shape index (κ1) is 18.0. The van der Waals surface area contributed by atoms with Gasteiger partial charge in [0.2, 0.25) is 11.8 Å². The van der Waals surface area contributed by atoms with Gasteiger partial charge >= 0.3 is 0 Å². The molecule has 2 heterocycles. The maximum absolute atomic E-state index is 12.5. The van der Waals surface area contributed by atoms with Gasteiger partial charge in [-0.25, -0.2) is 0 Å². The number of carbonyl (C=O) groups excluding carboxylic acids is 2. The largest absolute Gasteiger partial charge is 0.342 e. The van der Waals surface area contributed by atoms with Crippen LogP contribution in [-0.4, -0.2) is 47.8 Å². The van der Waals surface area contributed by atoms with Gasteiger partial charge in [-0.3, -0.25) is 9.59 Å². The van der Waals surface area contributed by atoms with Crippen molar-refractivity contribution in [2.45, 2.75) is 51.9 Å². The van der Waals surface area contributed by atoms with Crippen LogP contribution in [-0.2, 0) is 16.0 Å². The van der Waals surface area contributed by atoms with Crippen molar-refractivity contribution >= 4 is 11.8 Å². The van der Waals surface area contributed by atoms with E-state index in [0.29, 0.717) is 25.3 Å². The molecule has 4 heteroatoms. The molecule has 0 radical (unpaired) electrons.